The highest BCUT2D eigenvalue weighted by atomic mass is 19.1. The number of likely N-dealkylation sites (tertiary alicyclic amines) is 1. The highest BCUT2D eigenvalue weighted by Gasteiger charge is 2.30. The predicted molar refractivity (Wildman–Crippen MR) is 91.4 cm³/mol. The molecule has 1 N–H and O–H groups in total. The average molecular weight is 359 g/mol. The van der Waals surface area contributed by atoms with E-state index in [1.807, 2.05) is 25.1 Å². The fourth-order valence-corrected chi connectivity index (χ4v) is 3.17. The van der Waals surface area contributed by atoms with Gasteiger partial charge in [0.05, 0.1) is 18.3 Å². The summed E-state index contributed by atoms with van der Waals surface area (Å²) < 4.78 is 26.4. The van der Waals surface area contributed by atoms with Crippen LogP contribution in [0.1, 0.15) is 40.6 Å². The molecule has 1 aliphatic heterocycles. The molecule has 3 rings (SSSR count). The highest BCUT2D eigenvalue weighted by Crippen LogP contribution is 2.30. The van der Waals surface area contributed by atoms with Crippen LogP contribution in [0.4, 0.5) is 8.78 Å². The van der Waals surface area contributed by atoms with Crippen LogP contribution in [0.2, 0.25) is 0 Å². The van der Waals surface area contributed by atoms with E-state index in [1.165, 1.54) is 0 Å². The number of aryl methyl sites for hydroxylation is 1. The number of hydrogen-bond donors (Lipinski definition) is 1. The summed E-state index contributed by atoms with van der Waals surface area (Å²) in [6.07, 6.45) is 1.67. The van der Waals surface area contributed by atoms with Crippen molar-refractivity contribution in [2.45, 2.75) is 25.8 Å². The minimum atomic E-state index is -0.841. The fraction of sp³-hybridized carbons (Fsp3) is 0.316. The number of halogens is 2. The number of amides is 2. The third-order valence-electron chi connectivity index (χ3n) is 4.35. The minimum absolute atomic E-state index is 0.120. The molecule has 0 bridgehead atoms. The zero-order valence-electron chi connectivity index (χ0n) is 14.3. The molecule has 2 aromatic rings. The Morgan fingerprint density at radius 1 is 1.23 bits per heavy atom. The van der Waals surface area contributed by atoms with Crippen LogP contribution in [0, 0.1) is 18.6 Å². The number of pyridine rings is 1. The Bertz CT molecular complexity index is 821. The summed E-state index contributed by atoms with van der Waals surface area (Å²) in [7, 11) is 0. The Kier molecular flexibility index (Phi) is 5.25. The molecular formula is C19H19F2N3O2. The Balaban J connectivity index is 1.64. The first-order valence-corrected chi connectivity index (χ1v) is 8.41. The maximum Gasteiger partial charge on any atom is 0.251 e. The molecule has 136 valence electrons. The fourth-order valence-electron chi connectivity index (χ4n) is 3.17. The number of nitrogens with zero attached hydrogens (tertiary/aromatic N) is 2. The monoisotopic (exact) mass is 359 g/mol. The molecule has 0 radical (unpaired) electrons. The van der Waals surface area contributed by atoms with E-state index in [9.17, 15) is 18.4 Å². The second-order valence-corrected chi connectivity index (χ2v) is 6.29. The zero-order valence-corrected chi connectivity index (χ0v) is 14.3. The molecule has 0 aliphatic carbocycles. The van der Waals surface area contributed by atoms with Gasteiger partial charge in [-0.2, -0.15) is 0 Å². The largest absolute Gasteiger partial charge is 0.343 e. The van der Waals surface area contributed by atoms with Crippen LogP contribution in [0.3, 0.4) is 0 Å². The topological polar surface area (TPSA) is 62.3 Å². The van der Waals surface area contributed by atoms with Gasteiger partial charge in [0.1, 0.15) is 11.6 Å². The molecule has 1 unspecified atom stereocenters. The minimum Gasteiger partial charge on any atom is -0.343 e. The van der Waals surface area contributed by atoms with E-state index >= 15 is 0 Å². The first-order valence-electron chi connectivity index (χ1n) is 8.41. The molecule has 7 heteroatoms. The van der Waals surface area contributed by atoms with Crippen LogP contribution < -0.4 is 5.32 Å². The van der Waals surface area contributed by atoms with Gasteiger partial charge in [-0.25, -0.2) is 8.78 Å². The molecule has 0 spiro atoms. The van der Waals surface area contributed by atoms with Crippen molar-refractivity contribution < 1.29 is 18.4 Å². The number of aromatic nitrogens is 1. The quantitative estimate of drug-likeness (QED) is 0.913. The van der Waals surface area contributed by atoms with E-state index in [2.05, 4.69) is 10.3 Å². The average Bonchev–Trinajstić information content (AvgIpc) is 3.08. The summed E-state index contributed by atoms with van der Waals surface area (Å²) in [5.74, 6) is -2.62. The maximum atomic E-state index is 13.2. The van der Waals surface area contributed by atoms with Gasteiger partial charge in [-0.15, -0.1) is 0 Å². The summed E-state index contributed by atoms with van der Waals surface area (Å²) in [4.78, 5) is 30.7. The molecule has 2 heterocycles. The molecule has 0 saturated carbocycles. The number of hydrogen-bond acceptors (Lipinski definition) is 3. The van der Waals surface area contributed by atoms with Crippen LogP contribution in [0.15, 0.2) is 36.4 Å². The van der Waals surface area contributed by atoms with Crippen molar-refractivity contribution in [3.8, 4) is 0 Å². The van der Waals surface area contributed by atoms with E-state index in [1.54, 1.807) is 4.90 Å². The lowest BCUT2D eigenvalue weighted by Gasteiger charge is -2.24. The van der Waals surface area contributed by atoms with E-state index in [4.69, 9.17) is 0 Å². The SMILES string of the molecule is Cc1cccc(C2CCCN2C(=O)CNC(=O)c2cc(F)cc(F)c2)n1. The molecule has 1 aromatic carbocycles. The van der Waals surface area contributed by atoms with Crippen LogP contribution in [0.25, 0.3) is 0 Å². The van der Waals surface area contributed by atoms with Crippen molar-refractivity contribution in [1.82, 2.24) is 15.2 Å². The van der Waals surface area contributed by atoms with Crippen LogP contribution >= 0.6 is 0 Å². The van der Waals surface area contributed by atoms with Gasteiger partial charge in [0, 0.05) is 23.9 Å². The van der Waals surface area contributed by atoms with E-state index in [0.717, 1.165) is 36.4 Å². The molecule has 1 aromatic heterocycles. The Morgan fingerprint density at radius 2 is 1.96 bits per heavy atom. The van der Waals surface area contributed by atoms with Crippen LogP contribution in [-0.2, 0) is 4.79 Å². The Morgan fingerprint density at radius 3 is 2.65 bits per heavy atom. The van der Waals surface area contributed by atoms with Crippen molar-refractivity contribution >= 4 is 11.8 Å². The zero-order chi connectivity index (χ0) is 18.7. The molecule has 1 aliphatic rings. The molecule has 1 saturated heterocycles. The van der Waals surface area contributed by atoms with Crippen molar-refractivity contribution in [1.29, 1.82) is 0 Å². The first-order chi connectivity index (χ1) is 12.4. The maximum absolute atomic E-state index is 13.2. The standard InChI is InChI=1S/C19H19F2N3O2/c1-12-4-2-5-16(23-12)17-6-3-7-24(17)18(25)11-22-19(26)13-8-14(20)10-15(21)9-13/h2,4-5,8-10,17H,3,6-7,11H2,1H3,(H,22,26). The van der Waals surface area contributed by atoms with E-state index < -0.39 is 17.5 Å². The molecule has 1 fully saturated rings. The van der Waals surface area contributed by atoms with E-state index in [0.29, 0.717) is 12.6 Å². The second kappa shape index (κ2) is 7.59. The molecule has 26 heavy (non-hydrogen) atoms. The number of benzene rings is 1. The summed E-state index contributed by atoms with van der Waals surface area (Å²) in [6.45, 7) is 2.24. The first kappa shape index (κ1) is 18.0. The van der Waals surface area contributed by atoms with Gasteiger partial charge in [-0.3, -0.25) is 14.6 Å². The van der Waals surface area contributed by atoms with Gasteiger partial charge in [-0.05, 0) is 44.0 Å². The molecular weight excluding hydrogens is 340 g/mol. The number of carbonyl (C=O) groups excluding carboxylic acids is 2. The van der Waals surface area contributed by atoms with Crippen molar-refractivity contribution in [3.63, 3.8) is 0 Å². The number of carbonyl (C=O) groups is 2. The summed E-state index contributed by atoms with van der Waals surface area (Å²) in [6, 6.07) is 8.10. The van der Waals surface area contributed by atoms with E-state index in [-0.39, 0.29) is 24.1 Å². The molecule has 5 nitrogen and oxygen atoms in total. The highest BCUT2D eigenvalue weighted by molar-refractivity contribution is 5.96. The third-order valence-corrected chi connectivity index (χ3v) is 4.35. The lowest BCUT2D eigenvalue weighted by molar-refractivity contribution is -0.131. The van der Waals surface area contributed by atoms with Gasteiger partial charge < -0.3 is 10.2 Å². The van der Waals surface area contributed by atoms with Crippen molar-refractivity contribution in [2.24, 2.45) is 0 Å². The van der Waals surface area contributed by atoms with Gasteiger partial charge in [0.25, 0.3) is 5.91 Å². The normalized spacial score (nSPS) is 16.6. The third kappa shape index (κ3) is 4.04. The predicted octanol–water partition coefficient (Wildman–Crippen LogP) is 2.76. The lowest BCUT2D eigenvalue weighted by atomic mass is 10.1. The smallest absolute Gasteiger partial charge is 0.251 e. The van der Waals surface area contributed by atoms with Gasteiger partial charge in [-0.1, -0.05) is 6.07 Å². The summed E-state index contributed by atoms with van der Waals surface area (Å²) in [5, 5.41) is 2.43. The van der Waals surface area contributed by atoms with Gasteiger partial charge in [0.15, 0.2) is 0 Å². The van der Waals surface area contributed by atoms with Gasteiger partial charge >= 0.3 is 0 Å². The summed E-state index contributed by atoms with van der Waals surface area (Å²) >= 11 is 0. The molecule has 1 atom stereocenters. The molecule has 2 amide bonds. The Labute approximate surface area is 150 Å². The second-order valence-electron chi connectivity index (χ2n) is 6.29. The van der Waals surface area contributed by atoms with Gasteiger partial charge in [0.2, 0.25) is 5.91 Å². The number of nitrogens with one attached hydrogen (secondary N) is 1. The van der Waals surface area contributed by atoms with Crippen LogP contribution in [-0.4, -0.2) is 34.8 Å². The van der Waals surface area contributed by atoms with Crippen molar-refractivity contribution in [3.05, 3.63) is 65.0 Å². The van der Waals surface area contributed by atoms with Crippen molar-refractivity contribution in [2.75, 3.05) is 13.1 Å². The Hall–Kier alpha value is -2.83. The van der Waals surface area contributed by atoms with Crippen LogP contribution in [0.5, 0.6) is 0 Å². The number of rotatable bonds is 4. The summed E-state index contributed by atoms with van der Waals surface area (Å²) in [5.41, 5.74) is 1.55. The lowest BCUT2D eigenvalue weighted by Crippen LogP contribution is -2.40.